The molecule has 1 aromatic rings. The van der Waals surface area contributed by atoms with Crippen molar-refractivity contribution in [3.63, 3.8) is 0 Å². The summed E-state index contributed by atoms with van der Waals surface area (Å²) in [6.07, 6.45) is 6.41. The van der Waals surface area contributed by atoms with Gasteiger partial charge in [0.1, 0.15) is 5.01 Å². The number of amides is 1. The molecule has 1 aliphatic heterocycles. The van der Waals surface area contributed by atoms with Crippen LogP contribution >= 0.6 is 11.3 Å². The summed E-state index contributed by atoms with van der Waals surface area (Å²) in [5, 5.41) is 12.6. The van der Waals surface area contributed by atoms with Crippen LogP contribution < -0.4 is 5.32 Å². The Kier molecular flexibility index (Phi) is 5.72. The standard InChI is InChI=1S/C13H22N4OS/c1-2-3-7-11(18)14-13-16-15-12(19-13)10-17-8-5-4-6-9-17/h2-10H2,1H3,(H,14,16,18). The van der Waals surface area contributed by atoms with E-state index in [4.69, 9.17) is 0 Å². The zero-order chi connectivity index (χ0) is 13.5. The Morgan fingerprint density at radius 2 is 2.11 bits per heavy atom. The predicted molar refractivity (Wildman–Crippen MR) is 77.2 cm³/mol. The lowest BCUT2D eigenvalue weighted by molar-refractivity contribution is -0.116. The third-order valence-electron chi connectivity index (χ3n) is 3.28. The fraction of sp³-hybridized carbons (Fsp3) is 0.769. The molecular weight excluding hydrogens is 260 g/mol. The maximum Gasteiger partial charge on any atom is 0.226 e. The van der Waals surface area contributed by atoms with Crippen LogP contribution in [0.1, 0.15) is 50.5 Å². The van der Waals surface area contributed by atoms with Crippen molar-refractivity contribution < 1.29 is 4.79 Å². The van der Waals surface area contributed by atoms with Crippen LogP contribution in [0.15, 0.2) is 0 Å². The summed E-state index contributed by atoms with van der Waals surface area (Å²) in [6, 6.07) is 0. The van der Waals surface area contributed by atoms with Crippen LogP contribution in [-0.4, -0.2) is 34.1 Å². The van der Waals surface area contributed by atoms with E-state index in [0.717, 1.165) is 37.5 Å². The largest absolute Gasteiger partial charge is 0.301 e. The van der Waals surface area contributed by atoms with Gasteiger partial charge in [0, 0.05) is 6.42 Å². The van der Waals surface area contributed by atoms with E-state index in [0.29, 0.717) is 11.6 Å². The molecule has 106 valence electrons. The summed E-state index contributed by atoms with van der Waals surface area (Å²) in [5.74, 6) is 0.0440. The van der Waals surface area contributed by atoms with Gasteiger partial charge < -0.3 is 5.32 Å². The minimum Gasteiger partial charge on any atom is -0.301 e. The van der Waals surface area contributed by atoms with Crippen molar-refractivity contribution in [3.8, 4) is 0 Å². The molecule has 2 heterocycles. The molecule has 0 aliphatic carbocycles. The van der Waals surface area contributed by atoms with Crippen LogP contribution in [0.4, 0.5) is 5.13 Å². The second-order valence-corrected chi connectivity index (χ2v) is 6.05. The smallest absolute Gasteiger partial charge is 0.226 e. The van der Waals surface area contributed by atoms with E-state index < -0.39 is 0 Å². The minimum absolute atomic E-state index is 0.0440. The highest BCUT2D eigenvalue weighted by atomic mass is 32.1. The number of unbranched alkanes of at least 4 members (excludes halogenated alkanes) is 1. The molecular formula is C13H22N4OS. The predicted octanol–water partition coefficient (Wildman–Crippen LogP) is 2.65. The highest BCUT2D eigenvalue weighted by Gasteiger charge is 2.14. The van der Waals surface area contributed by atoms with Crippen molar-refractivity contribution in [3.05, 3.63) is 5.01 Å². The van der Waals surface area contributed by atoms with Crippen molar-refractivity contribution >= 4 is 22.4 Å². The Morgan fingerprint density at radius 1 is 1.32 bits per heavy atom. The van der Waals surface area contributed by atoms with Gasteiger partial charge in [-0.3, -0.25) is 9.69 Å². The van der Waals surface area contributed by atoms with Gasteiger partial charge in [0.15, 0.2) is 0 Å². The molecule has 19 heavy (non-hydrogen) atoms. The third-order valence-corrected chi connectivity index (χ3v) is 4.10. The zero-order valence-corrected chi connectivity index (χ0v) is 12.3. The molecule has 1 fully saturated rings. The second-order valence-electron chi connectivity index (χ2n) is 4.99. The molecule has 1 aliphatic rings. The second kappa shape index (κ2) is 7.55. The van der Waals surface area contributed by atoms with Crippen molar-refractivity contribution in [1.29, 1.82) is 0 Å². The molecule has 0 aromatic carbocycles. The highest BCUT2D eigenvalue weighted by molar-refractivity contribution is 7.15. The van der Waals surface area contributed by atoms with Gasteiger partial charge in [-0.2, -0.15) is 0 Å². The van der Waals surface area contributed by atoms with Gasteiger partial charge in [-0.05, 0) is 32.4 Å². The van der Waals surface area contributed by atoms with E-state index in [1.807, 2.05) is 0 Å². The van der Waals surface area contributed by atoms with E-state index in [9.17, 15) is 4.79 Å². The zero-order valence-electron chi connectivity index (χ0n) is 11.5. The first kappa shape index (κ1) is 14.4. The summed E-state index contributed by atoms with van der Waals surface area (Å²) in [6.45, 7) is 5.24. The maximum absolute atomic E-state index is 11.6. The molecule has 0 spiro atoms. The maximum atomic E-state index is 11.6. The molecule has 0 saturated carbocycles. The normalized spacial score (nSPS) is 16.5. The molecule has 0 radical (unpaired) electrons. The SMILES string of the molecule is CCCCC(=O)Nc1nnc(CN2CCCCC2)s1. The van der Waals surface area contributed by atoms with Crippen LogP contribution in [0.2, 0.25) is 0 Å². The topological polar surface area (TPSA) is 58.1 Å². The summed E-state index contributed by atoms with van der Waals surface area (Å²) >= 11 is 1.49. The summed E-state index contributed by atoms with van der Waals surface area (Å²) in [7, 11) is 0. The number of carbonyl (C=O) groups excluding carboxylic acids is 1. The molecule has 1 amide bonds. The first-order valence-corrected chi connectivity index (χ1v) is 7.94. The summed E-state index contributed by atoms with van der Waals surface area (Å²) < 4.78 is 0. The monoisotopic (exact) mass is 282 g/mol. The molecule has 0 atom stereocenters. The Hall–Kier alpha value is -1.01. The molecule has 6 heteroatoms. The number of carbonyl (C=O) groups is 1. The molecule has 0 bridgehead atoms. The fourth-order valence-corrected chi connectivity index (χ4v) is 2.99. The number of nitrogens with zero attached hydrogens (tertiary/aromatic N) is 3. The Morgan fingerprint density at radius 3 is 2.84 bits per heavy atom. The molecule has 0 unspecified atom stereocenters. The van der Waals surface area contributed by atoms with Crippen LogP contribution in [0.3, 0.4) is 0 Å². The van der Waals surface area contributed by atoms with Crippen molar-refractivity contribution in [2.24, 2.45) is 0 Å². The van der Waals surface area contributed by atoms with E-state index in [-0.39, 0.29) is 5.91 Å². The number of aromatic nitrogens is 2. The Labute approximate surface area is 118 Å². The lowest BCUT2D eigenvalue weighted by atomic mass is 10.1. The number of hydrogen-bond acceptors (Lipinski definition) is 5. The number of piperidine rings is 1. The average molecular weight is 282 g/mol. The summed E-state index contributed by atoms with van der Waals surface area (Å²) in [5.41, 5.74) is 0. The first-order valence-electron chi connectivity index (χ1n) is 7.12. The lowest BCUT2D eigenvalue weighted by Crippen LogP contribution is -2.28. The van der Waals surface area contributed by atoms with Crippen LogP contribution in [0, 0.1) is 0 Å². The van der Waals surface area contributed by atoms with Gasteiger partial charge in [0.25, 0.3) is 0 Å². The van der Waals surface area contributed by atoms with Gasteiger partial charge in [0.05, 0.1) is 6.54 Å². The van der Waals surface area contributed by atoms with Crippen LogP contribution in [0.5, 0.6) is 0 Å². The van der Waals surface area contributed by atoms with E-state index in [1.54, 1.807) is 0 Å². The molecule has 5 nitrogen and oxygen atoms in total. The quantitative estimate of drug-likeness (QED) is 0.871. The van der Waals surface area contributed by atoms with Gasteiger partial charge in [-0.1, -0.05) is 31.1 Å². The molecule has 1 N–H and O–H groups in total. The third kappa shape index (κ3) is 4.87. The van der Waals surface area contributed by atoms with Gasteiger partial charge in [-0.25, -0.2) is 0 Å². The van der Waals surface area contributed by atoms with Gasteiger partial charge >= 0.3 is 0 Å². The molecule has 1 aromatic heterocycles. The molecule has 2 rings (SSSR count). The average Bonchev–Trinajstić information content (AvgIpc) is 2.85. The Bertz CT molecular complexity index is 401. The van der Waals surface area contributed by atoms with E-state index in [2.05, 4.69) is 27.3 Å². The lowest BCUT2D eigenvalue weighted by Gasteiger charge is -2.24. The number of rotatable bonds is 6. The Balaban J connectivity index is 1.79. The van der Waals surface area contributed by atoms with Crippen molar-refractivity contribution in [2.45, 2.75) is 52.0 Å². The molecule has 1 saturated heterocycles. The van der Waals surface area contributed by atoms with Crippen molar-refractivity contribution in [1.82, 2.24) is 15.1 Å². The summed E-state index contributed by atoms with van der Waals surface area (Å²) in [4.78, 5) is 14.0. The van der Waals surface area contributed by atoms with Crippen LogP contribution in [0.25, 0.3) is 0 Å². The van der Waals surface area contributed by atoms with Crippen molar-refractivity contribution in [2.75, 3.05) is 18.4 Å². The highest BCUT2D eigenvalue weighted by Crippen LogP contribution is 2.19. The number of hydrogen-bond donors (Lipinski definition) is 1. The van der Waals surface area contributed by atoms with E-state index in [1.165, 1.54) is 30.6 Å². The van der Waals surface area contributed by atoms with E-state index >= 15 is 0 Å². The first-order chi connectivity index (χ1) is 9.28. The number of likely N-dealkylation sites (tertiary alicyclic amines) is 1. The minimum atomic E-state index is 0.0440. The van der Waals surface area contributed by atoms with Gasteiger partial charge in [0.2, 0.25) is 11.0 Å². The number of nitrogens with one attached hydrogen (secondary N) is 1. The van der Waals surface area contributed by atoms with Crippen LogP contribution in [-0.2, 0) is 11.3 Å². The number of anilines is 1. The van der Waals surface area contributed by atoms with Gasteiger partial charge in [-0.15, -0.1) is 10.2 Å². The fourth-order valence-electron chi connectivity index (χ4n) is 2.20.